The lowest BCUT2D eigenvalue weighted by atomic mass is 9.96. The maximum atomic E-state index is 12.8. The van der Waals surface area contributed by atoms with Crippen molar-refractivity contribution in [2.45, 2.75) is 34.6 Å². The van der Waals surface area contributed by atoms with Crippen LogP contribution >= 0.6 is 0 Å². The molecule has 180 valence electrons. The van der Waals surface area contributed by atoms with Crippen LogP contribution in [0.3, 0.4) is 0 Å². The number of hydrogen-bond acceptors (Lipinski definition) is 5. The summed E-state index contributed by atoms with van der Waals surface area (Å²) in [6.07, 6.45) is 5.00. The number of furan rings is 1. The van der Waals surface area contributed by atoms with Gasteiger partial charge >= 0.3 is 0 Å². The van der Waals surface area contributed by atoms with Crippen molar-refractivity contribution < 1.29 is 18.7 Å². The van der Waals surface area contributed by atoms with Crippen molar-refractivity contribution in [2.24, 2.45) is 0 Å². The highest BCUT2D eigenvalue weighted by atomic mass is 16.5. The van der Waals surface area contributed by atoms with Crippen LogP contribution in [-0.4, -0.2) is 24.1 Å². The number of ether oxygens (including phenoxy) is 2. The maximum Gasteiger partial charge on any atom is 0.249 e. The molecule has 4 aromatic rings. The summed E-state index contributed by atoms with van der Waals surface area (Å²) in [7, 11) is 0. The van der Waals surface area contributed by atoms with Gasteiger partial charge in [-0.3, -0.25) is 4.79 Å². The fourth-order valence-corrected chi connectivity index (χ4v) is 4.10. The molecule has 4 rings (SSSR count). The number of hydrogen-bond donors (Lipinski definition) is 1. The Balaban J connectivity index is 1.76. The quantitative estimate of drug-likeness (QED) is 0.282. The van der Waals surface area contributed by atoms with E-state index in [0.717, 1.165) is 50.1 Å². The van der Waals surface area contributed by atoms with Crippen molar-refractivity contribution in [1.29, 1.82) is 0 Å². The first-order valence-corrected chi connectivity index (χ1v) is 11.7. The fourth-order valence-electron chi connectivity index (χ4n) is 4.10. The number of benzene rings is 2. The largest absolute Gasteiger partial charge is 0.494 e. The molecule has 2 aromatic carbocycles. The second-order valence-corrected chi connectivity index (χ2v) is 8.28. The number of aryl methyl sites for hydroxylation is 2. The van der Waals surface area contributed by atoms with Gasteiger partial charge in [-0.2, -0.15) is 0 Å². The second-order valence-electron chi connectivity index (χ2n) is 8.28. The van der Waals surface area contributed by atoms with E-state index in [1.54, 1.807) is 18.5 Å². The maximum absolute atomic E-state index is 12.8. The Labute approximate surface area is 205 Å². The van der Waals surface area contributed by atoms with E-state index in [9.17, 15) is 4.79 Å². The minimum Gasteiger partial charge on any atom is -0.494 e. The van der Waals surface area contributed by atoms with Gasteiger partial charge in [-0.05, 0) is 75.6 Å². The Morgan fingerprint density at radius 2 is 1.83 bits per heavy atom. The Hall–Kier alpha value is -4.06. The molecule has 1 amide bonds. The van der Waals surface area contributed by atoms with E-state index in [2.05, 4.69) is 10.3 Å². The van der Waals surface area contributed by atoms with Crippen LogP contribution in [0.5, 0.6) is 11.5 Å². The van der Waals surface area contributed by atoms with Crippen molar-refractivity contribution in [2.75, 3.05) is 18.5 Å². The van der Waals surface area contributed by atoms with E-state index >= 15 is 0 Å². The van der Waals surface area contributed by atoms with Crippen molar-refractivity contribution in [1.82, 2.24) is 4.98 Å². The molecule has 0 bridgehead atoms. The number of nitrogens with zero attached hydrogens (tertiary/aromatic N) is 1. The zero-order valence-electron chi connectivity index (χ0n) is 20.8. The third-order valence-electron chi connectivity index (χ3n) is 5.83. The van der Waals surface area contributed by atoms with E-state index < -0.39 is 0 Å². The average Bonchev–Trinajstić information content (AvgIpc) is 3.27. The van der Waals surface area contributed by atoms with Crippen LogP contribution in [-0.2, 0) is 4.79 Å². The Morgan fingerprint density at radius 3 is 2.51 bits per heavy atom. The molecule has 0 saturated carbocycles. The summed E-state index contributed by atoms with van der Waals surface area (Å²) in [5, 5.41) is 3.82. The number of allylic oxidation sites excluding steroid dienone is 1. The molecule has 35 heavy (non-hydrogen) atoms. The minimum atomic E-state index is -0.247. The average molecular weight is 471 g/mol. The van der Waals surface area contributed by atoms with Crippen LogP contribution in [0.4, 0.5) is 5.82 Å². The fraction of sp³-hybridized carbons (Fsp3) is 0.241. The van der Waals surface area contributed by atoms with E-state index in [1.807, 2.05) is 77.1 Å². The summed E-state index contributed by atoms with van der Waals surface area (Å²) in [6, 6.07) is 13.7. The van der Waals surface area contributed by atoms with Gasteiger partial charge in [-0.25, -0.2) is 4.98 Å². The van der Waals surface area contributed by atoms with Crippen molar-refractivity contribution >= 4 is 28.3 Å². The first kappa shape index (κ1) is 24.1. The van der Waals surface area contributed by atoms with Gasteiger partial charge in [0.1, 0.15) is 22.9 Å². The van der Waals surface area contributed by atoms with E-state index in [0.29, 0.717) is 24.8 Å². The molecule has 0 saturated heterocycles. The molecule has 6 nitrogen and oxygen atoms in total. The zero-order chi connectivity index (χ0) is 24.9. The molecule has 0 atom stereocenters. The number of rotatable bonds is 8. The molecule has 0 unspecified atom stereocenters. The van der Waals surface area contributed by atoms with Gasteiger partial charge in [0.25, 0.3) is 0 Å². The number of nitrogens with one attached hydrogen (secondary N) is 1. The molecule has 0 aliphatic rings. The Kier molecular flexibility index (Phi) is 7.20. The zero-order valence-corrected chi connectivity index (χ0v) is 20.8. The van der Waals surface area contributed by atoms with Crippen molar-refractivity contribution in [3.8, 4) is 22.6 Å². The lowest BCUT2D eigenvalue weighted by molar-refractivity contribution is -0.111. The van der Waals surface area contributed by atoms with E-state index in [-0.39, 0.29) is 5.91 Å². The molecule has 6 heteroatoms. The smallest absolute Gasteiger partial charge is 0.249 e. The van der Waals surface area contributed by atoms with E-state index in [4.69, 9.17) is 13.9 Å². The SMILES string of the molecule is CCOc1ccc(-c2coc3c(C)c(OCC)c(/C(C)=C/C(=O)Nc4ncccc4C)cc23)cc1. The van der Waals surface area contributed by atoms with Crippen molar-refractivity contribution in [3.05, 3.63) is 77.7 Å². The van der Waals surface area contributed by atoms with Crippen LogP contribution in [0.15, 0.2) is 65.4 Å². The summed E-state index contributed by atoms with van der Waals surface area (Å²) in [5.74, 6) is 1.84. The number of carbonyl (C=O) groups is 1. The van der Waals surface area contributed by atoms with Crippen molar-refractivity contribution in [3.63, 3.8) is 0 Å². The molecular formula is C29H30N2O4. The molecule has 0 fully saturated rings. The highest BCUT2D eigenvalue weighted by Gasteiger charge is 2.19. The lowest BCUT2D eigenvalue weighted by Crippen LogP contribution is -2.11. The van der Waals surface area contributed by atoms with E-state index in [1.165, 1.54) is 0 Å². The van der Waals surface area contributed by atoms with Gasteiger partial charge in [-0.1, -0.05) is 18.2 Å². The van der Waals surface area contributed by atoms with Crippen LogP contribution in [0.2, 0.25) is 0 Å². The van der Waals surface area contributed by atoms with Gasteiger partial charge < -0.3 is 19.2 Å². The second kappa shape index (κ2) is 10.5. The molecule has 0 aliphatic heterocycles. The molecule has 1 N–H and O–H groups in total. The summed E-state index contributed by atoms with van der Waals surface area (Å²) in [6.45, 7) is 10.8. The van der Waals surface area contributed by atoms with Gasteiger partial charge in [0.2, 0.25) is 5.91 Å². The monoisotopic (exact) mass is 470 g/mol. The third kappa shape index (κ3) is 5.06. The number of carbonyl (C=O) groups excluding carboxylic acids is 1. The first-order chi connectivity index (χ1) is 16.9. The van der Waals surface area contributed by atoms with Crippen LogP contribution < -0.4 is 14.8 Å². The highest BCUT2D eigenvalue weighted by molar-refractivity contribution is 6.05. The van der Waals surface area contributed by atoms with Crippen LogP contribution in [0.1, 0.15) is 37.5 Å². The first-order valence-electron chi connectivity index (χ1n) is 11.7. The lowest BCUT2D eigenvalue weighted by Gasteiger charge is -2.15. The standard InChI is InChI=1S/C29H30N2O4/c1-6-33-22-12-10-21(11-13-22)25-17-35-28-20(5)27(34-7-2)23(16-24(25)28)19(4)15-26(32)31-29-18(3)9-8-14-30-29/h8-17H,6-7H2,1-5H3,(H,30,31,32)/b19-15+. The summed E-state index contributed by atoms with van der Waals surface area (Å²) >= 11 is 0. The molecule has 0 aliphatic carbocycles. The normalized spacial score (nSPS) is 11.5. The van der Waals surface area contributed by atoms with Gasteiger partial charge in [-0.15, -0.1) is 0 Å². The Bertz CT molecular complexity index is 1380. The minimum absolute atomic E-state index is 0.247. The predicted molar refractivity (Wildman–Crippen MR) is 140 cm³/mol. The van der Waals surface area contributed by atoms with Gasteiger partial charge in [0.05, 0.1) is 19.5 Å². The topological polar surface area (TPSA) is 73.6 Å². The number of amides is 1. The number of anilines is 1. The summed E-state index contributed by atoms with van der Waals surface area (Å²) in [5.41, 5.74) is 6.18. The number of aromatic nitrogens is 1. The highest BCUT2D eigenvalue weighted by Crippen LogP contribution is 2.41. The predicted octanol–water partition coefficient (Wildman–Crippen LogP) is 6.95. The molecular weight excluding hydrogens is 440 g/mol. The molecule has 2 aromatic heterocycles. The van der Waals surface area contributed by atoms with Crippen LogP contribution in [0.25, 0.3) is 27.7 Å². The Morgan fingerprint density at radius 1 is 1.09 bits per heavy atom. The molecule has 0 spiro atoms. The number of fused-ring (bicyclic) bond motifs is 1. The summed E-state index contributed by atoms with van der Waals surface area (Å²) in [4.78, 5) is 17.0. The van der Waals surface area contributed by atoms with Crippen LogP contribution in [0, 0.1) is 13.8 Å². The molecule has 0 radical (unpaired) electrons. The third-order valence-corrected chi connectivity index (χ3v) is 5.83. The van der Waals surface area contributed by atoms with Gasteiger partial charge in [0.15, 0.2) is 0 Å². The van der Waals surface area contributed by atoms with Gasteiger partial charge in [0, 0.05) is 34.3 Å². The molecule has 2 heterocycles. The number of pyridine rings is 1. The summed E-state index contributed by atoms with van der Waals surface area (Å²) < 4.78 is 17.6.